The molecule has 0 aliphatic heterocycles. The van der Waals surface area contributed by atoms with Gasteiger partial charge in [-0.15, -0.1) is 0 Å². The molecule has 1 aliphatic rings. The summed E-state index contributed by atoms with van der Waals surface area (Å²) in [5.74, 6) is 0.746. The summed E-state index contributed by atoms with van der Waals surface area (Å²) in [5, 5.41) is 41.3. The molecule has 0 saturated heterocycles. The first-order valence-electron chi connectivity index (χ1n) is 6.13. The van der Waals surface area contributed by atoms with Crippen molar-refractivity contribution in [3.8, 4) is 5.75 Å². The Bertz CT molecular complexity index is 396. The number of hydrogen-bond donors (Lipinski definition) is 5. The lowest BCUT2D eigenvalue weighted by atomic mass is 10.1. The molecule has 0 bridgehead atoms. The predicted molar refractivity (Wildman–Crippen MR) is 67.6 cm³/mol. The van der Waals surface area contributed by atoms with Crippen LogP contribution in [-0.4, -0.2) is 58.0 Å². The van der Waals surface area contributed by atoms with E-state index >= 15 is 0 Å². The molecule has 1 unspecified atom stereocenters. The summed E-state index contributed by atoms with van der Waals surface area (Å²) in [7, 11) is 1.58. The fraction of sp³-hybridized carbons (Fsp3) is 0.538. The predicted octanol–water partition coefficient (Wildman–Crippen LogP) is -1.39. The Balaban J connectivity index is 1.94. The molecule has 106 valence electrons. The maximum atomic E-state index is 9.71. The van der Waals surface area contributed by atoms with Gasteiger partial charge < -0.3 is 30.5 Å². The molecule has 2 rings (SSSR count). The van der Waals surface area contributed by atoms with Crippen LogP contribution >= 0.6 is 0 Å². The summed E-state index contributed by atoms with van der Waals surface area (Å²) >= 11 is 0. The van der Waals surface area contributed by atoms with Crippen LogP contribution in [0, 0.1) is 0 Å². The minimum Gasteiger partial charge on any atom is -0.497 e. The van der Waals surface area contributed by atoms with Crippen LogP contribution in [0.2, 0.25) is 0 Å². The summed E-state index contributed by atoms with van der Waals surface area (Å²) in [5.41, 5.74) is 0.941. The van der Waals surface area contributed by atoms with E-state index in [2.05, 4.69) is 5.32 Å². The second-order valence-electron chi connectivity index (χ2n) is 4.72. The Morgan fingerprint density at radius 1 is 0.947 bits per heavy atom. The van der Waals surface area contributed by atoms with Gasteiger partial charge in [-0.1, -0.05) is 12.1 Å². The molecule has 1 fully saturated rings. The zero-order valence-electron chi connectivity index (χ0n) is 10.6. The van der Waals surface area contributed by atoms with Gasteiger partial charge in [0.15, 0.2) is 0 Å². The van der Waals surface area contributed by atoms with Crippen molar-refractivity contribution in [2.24, 2.45) is 0 Å². The van der Waals surface area contributed by atoms with Crippen LogP contribution in [-0.2, 0) is 6.54 Å². The van der Waals surface area contributed by atoms with E-state index in [9.17, 15) is 20.4 Å². The van der Waals surface area contributed by atoms with Gasteiger partial charge >= 0.3 is 0 Å². The zero-order valence-corrected chi connectivity index (χ0v) is 10.6. The fourth-order valence-electron chi connectivity index (χ4n) is 2.25. The summed E-state index contributed by atoms with van der Waals surface area (Å²) in [6, 6.07) is 6.57. The first kappa shape index (κ1) is 14.2. The third kappa shape index (κ3) is 2.88. The van der Waals surface area contributed by atoms with Gasteiger partial charge in [0, 0.05) is 6.54 Å². The summed E-state index contributed by atoms with van der Waals surface area (Å²) in [4.78, 5) is 0. The van der Waals surface area contributed by atoms with Crippen LogP contribution in [0.25, 0.3) is 0 Å². The molecule has 5 N–H and O–H groups in total. The molecule has 0 spiro atoms. The van der Waals surface area contributed by atoms with Crippen LogP contribution in [0.3, 0.4) is 0 Å². The van der Waals surface area contributed by atoms with E-state index in [1.165, 1.54) is 0 Å². The molecule has 1 aromatic carbocycles. The Morgan fingerprint density at radius 2 is 1.47 bits per heavy atom. The van der Waals surface area contributed by atoms with E-state index in [1.807, 2.05) is 24.3 Å². The van der Waals surface area contributed by atoms with E-state index in [1.54, 1.807) is 7.11 Å². The molecule has 0 aromatic heterocycles. The average molecular weight is 269 g/mol. The van der Waals surface area contributed by atoms with E-state index in [0.29, 0.717) is 6.54 Å². The third-order valence-corrected chi connectivity index (χ3v) is 3.49. The maximum Gasteiger partial charge on any atom is 0.118 e. The minimum absolute atomic E-state index is 0.405. The Labute approximate surface area is 111 Å². The highest BCUT2D eigenvalue weighted by atomic mass is 16.5. The number of nitrogens with one attached hydrogen (secondary N) is 1. The van der Waals surface area contributed by atoms with E-state index < -0.39 is 30.5 Å². The summed E-state index contributed by atoms with van der Waals surface area (Å²) in [6.45, 7) is 0.405. The highest BCUT2D eigenvalue weighted by Gasteiger charge is 2.47. The van der Waals surface area contributed by atoms with Crippen LogP contribution < -0.4 is 10.1 Å². The lowest BCUT2D eigenvalue weighted by Gasteiger charge is -2.20. The quantitative estimate of drug-likeness (QED) is 0.461. The first-order valence-corrected chi connectivity index (χ1v) is 6.13. The summed E-state index contributed by atoms with van der Waals surface area (Å²) < 4.78 is 5.04. The Hall–Kier alpha value is -1.18. The smallest absolute Gasteiger partial charge is 0.118 e. The van der Waals surface area contributed by atoms with Gasteiger partial charge in [-0.25, -0.2) is 0 Å². The molecule has 19 heavy (non-hydrogen) atoms. The number of aliphatic hydroxyl groups is 4. The highest BCUT2D eigenvalue weighted by Crippen LogP contribution is 2.22. The van der Waals surface area contributed by atoms with Gasteiger partial charge in [0.25, 0.3) is 0 Å². The van der Waals surface area contributed by atoms with Crippen LogP contribution in [0.4, 0.5) is 0 Å². The van der Waals surface area contributed by atoms with Gasteiger partial charge in [0.1, 0.15) is 30.2 Å². The lowest BCUT2D eigenvalue weighted by molar-refractivity contribution is -0.0413. The molecule has 5 atom stereocenters. The molecule has 0 radical (unpaired) electrons. The molecule has 0 heterocycles. The standard InChI is InChI=1S/C13H19NO5/c1-19-8-4-2-7(3-5-8)6-14-9-10(15)12(17)13(18)11(9)16/h2-5,9-18H,6H2,1H3/t9?,10-,11+,12-,13+. The minimum atomic E-state index is -1.33. The number of methoxy groups -OCH3 is 1. The van der Waals surface area contributed by atoms with Gasteiger partial charge in [0.05, 0.1) is 13.2 Å². The van der Waals surface area contributed by atoms with E-state index in [0.717, 1.165) is 11.3 Å². The van der Waals surface area contributed by atoms with Crippen molar-refractivity contribution in [2.75, 3.05) is 7.11 Å². The van der Waals surface area contributed by atoms with Gasteiger partial charge in [-0.2, -0.15) is 0 Å². The maximum absolute atomic E-state index is 9.71. The molecule has 6 nitrogen and oxygen atoms in total. The first-order chi connectivity index (χ1) is 9.04. The molecule has 1 aliphatic carbocycles. The van der Waals surface area contributed by atoms with Crippen molar-refractivity contribution in [3.63, 3.8) is 0 Å². The van der Waals surface area contributed by atoms with Crippen LogP contribution in [0.1, 0.15) is 5.56 Å². The van der Waals surface area contributed by atoms with Crippen molar-refractivity contribution in [1.29, 1.82) is 0 Å². The van der Waals surface area contributed by atoms with Crippen LogP contribution in [0.5, 0.6) is 5.75 Å². The molecular weight excluding hydrogens is 250 g/mol. The number of aliphatic hydroxyl groups excluding tert-OH is 4. The molecular formula is C13H19NO5. The summed E-state index contributed by atoms with van der Waals surface area (Å²) in [6.07, 6.45) is -5.04. The molecule has 1 aromatic rings. The number of rotatable bonds is 4. The Kier molecular flexibility index (Phi) is 4.38. The van der Waals surface area contributed by atoms with Gasteiger partial charge in [0.2, 0.25) is 0 Å². The van der Waals surface area contributed by atoms with Crippen molar-refractivity contribution in [1.82, 2.24) is 5.32 Å². The van der Waals surface area contributed by atoms with Crippen molar-refractivity contribution < 1.29 is 25.2 Å². The SMILES string of the molecule is COc1ccc(CNC2[C@@H](O)[C@@H](O)[C@@H](O)[C@H]2O)cc1. The van der Waals surface area contributed by atoms with Gasteiger partial charge in [-0.05, 0) is 17.7 Å². The van der Waals surface area contributed by atoms with Crippen LogP contribution in [0.15, 0.2) is 24.3 Å². The largest absolute Gasteiger partial charge is 0.497 e. The second kappa shape index (κ2) is 5.85. The molecule has 0 amide bonds. The fourth-order valence-corrected chi connectivity index (χ4v) is 2.25. The monoisotopic (exact) mass is 269 g/mol. The number of ether oxygens (including phenoxy) is 1. The number of hydrogen-bond acceptors (Lipinski definition) is 6. The number of benzene rings is 1. The van der Waals surface area contributed by atoms with E-state index in [4.69, 9.17) is 4.74 Å². The zero-order chi connectivity index (χ0) is 14.0. The van der Waals surface area contributed by atoms with Crippen molar-refractivity contribution >= 4 is 0 Å². The molecule has 6 heteroatoms. The average Bonchev–Trinajstić information content (AvgIpc) is 2.62. The second-order valence-corrected chi connectivity index (χ2v) is 4.72. The normalized spacial score (nSPS) is 34.5. The Morgan fingerprint density at radius 3 is 1.95 bits per heavy atom. The van der Waals surface area contributed by atoms with E-state index in [-0.39, 0.29) is 0 Å². The van der Waals surface area contributed by atoms with Crippen molar-refractivity contribution in [2.45, 2.75) is 37.0 Å². The highest BCUT2D eigenvalue weighted by molar-refractivity contribution is 5.27. The van der Waals surface area contributed by atoms with Crippen molar-refractivity contribution in [3.05, 3.63) is 29.8 Å². The van der Waals surface area contributed by atoms with Gasteiger partial charge in [-0.3, -0.25) is 0 Å². The lowest BCUT2D eigenvalue weighted by Crippen LogP contribution is -2.44. The topological polar surface area (TPSA) is 102 Å². The third-order valence-electron chi connectivity index (χ3n) is 3.49. The molecule has 1 saturated carbocycles.